The molecule has 3 aliphatic heterocycles. The Morgan fingerprint density at radius 1 is 1.40 bits per heavy atom. The molecule has 0 aromatic rings. The number of Topliss-reactive ketones (excluding diaryl/α,β-unsaturated/α-hetero) is 1. The number of fused-ring (bicyclic) bond motifs is 1. The van der Waals surface area contributed by atoms with Gasteiger partial charge in [0.2, 0.25) is 0 Å². The second-order valence-electron chi connectivity index (χ2n) is 6.47. The molecule has 4 rings (SSSR count). The zero-order chi connectivity index (χ0) is 13.7. The highest BCUT2D eigenvalue weighted by atomic mass is 16.5. The maximum absolute atomic E-state index is 11.8. The zero-order valence-electron chi connectivity index (χ0n) is 12.0. The Balaban J connectivity index is 1.85. The Labute approximate surface area is 120 Å². The number of ketones is 1. The third-order valence-corrected chi connectivity index (χ3v) is 5.28. The predicted molar refractivity (Wildman–Crippen MR) is 76.4 cm³/mol. The van der Waals surface area contributed by atoms with E-state index in [1.165, 1.54) is 24.1 Å². The summed E-state index contributed by atoms with van der Waals surface area (Å²) in [6, 6.07) is 0. The van der Waals surface area contributed by atoms with Gasteiger partial charge in [0.05, 0.1) is 11.1 Å². The summed E-state index contributed by atoms with van der Waals surface area (Å²) in [6.07, 6.45) is 14.2. The average molecular weight is 271 g/mol. The lowest BCUT2D eigenvalue weighted by molar-refractivity contribution is -0.124. The van der Waals surface area contributed by atoms with Crippen LogP contribution in [0.25, 0.3) is 0 Å². The van der Waals surface area contributed by atoms with Crippen LogP contribution in [-0.2, 0) is 9.53 Å². The Morgan fingerprint density at radius 3 is 3.15 bits per heavy atom. The maximum atomic E-state index is 11.8. The Morgan fingerprint density at radius 2 is 2.30 bits per heavy atom. The highest BCUT2D eigenvalue weighted by molar-refractivity contribution is 5.81. The third kappa shape index (κ3) is 1.55. The second kappa shape index (κ2) is 4.24. The molecule has 2 unspecified atom stereocenters. The first-order valence-electron chi connectivity index (χ1n) is 7.78. The highest BCUT2D eigenvalue weighted by Gasteiger charge is 2.53. The molecule has 0 aromatic carbocycles. The molecule has 106 valence electrons. The van der Waals surface area contributed by atoms with Crippen LogP contribution in [0.5, 0.6) is 0 Å². The molecule has 3 heterocycles. The minimum atomic E-state index is -0.232. The van der Waals surface area contributed by atoms with Crippen molar-refractivity contribution >= 4 is 5.78 Å². The number of hydrogen-bond acceptors (Lipinski definition) is 3. The summed E-state index contributed by atoms with van der Waals surface area (Å²) in [5.41, 5.74) is 2.82. The third-order valence-electron chi connectivity index (χ3n) is 5.28. The molecule has 0 radical (unpaired) electrons. The molecular formula is C17H21NO2. The van der Waals surface area contributed by atoms with Crippen molar-refractivity contribution in [3.8, 4) is 0 Å². The molecule has 0 aromatic heterocycles. The van der Waals surface area contributed by atoms with Gasteiger partial charge in [-0.15, -0.1) is 0 Å². The van der Waals surface area contributed by atoms with E-state index in [9.17, 15) is 4.79 Å². The topological polar surface area (TPSA) is 29.5 Å². The van der Waals surface area contributed by atoms with Gasteiger partial charge in [-0.05, 0) is 44.6 Å². The maximum Gasteiger partial charge on any atom is 0.170 e. The number of carbonyl (C=O) groups excluding carboxylic acids is 1. The SMILES string of the molecule is CC(=O)C1CC23CCCCC2=CN2C=CCCC2=C3O1. The van der Waals surface area contributed by atoms with E-state index in [1.54, 1.807) is 6.92 Å². The van der Waals surface area contributed by atoms with Gasteiger partial charge in [-0.3, -0.25) is 4.79 Å². The van der Waals surface area contributed by atoms with Gasteiger partial charge in [0.25, 0.3) is 0 Å². The van der Waals surface area contributed by atoms with Crippen molar-refractivity contribution in [3.63, 3.8) is 0 Å². The van der Waals surface area contributed by atoms with Gasteiger partial charge in [-0.1, -0.05) is 12.5 Å². The molecule has 0 amide bonds. The van der Waals surface area contributed by atoms with E-state index >= 15 is 0 Å². The molecule has 1 saturated heterocycles. The molecule has 1 spiro atoms. The van der Waals surface area contributed by atoms with Crippen LogP contribution in [0.3, 0.4) is 0 Å². The molecular weight excluding hydrogens is 250 g/mol. The normalized spacial score (nSPS) is 35.0. The molecule has 4 aliphatic rings. The minimum absolute atomic E-state index is 0.0472. The largest absolute Gasteiger partial charge is 0.484 e. The van der Waals surface area contributed by atoms with E-state index in [4.69, 9.17) is 4.74 Å². The number of carbonyl (C=O) groups is 1. The van der Waals surface area contributed by atoms with Gasteiger partial charge in [-0.2, -0.15) is 0 Å². The Bertz CT molecular complexity index is 557. The number of hydrogen-bond donors (Lipinski definition) is 0. The van der Waals surface area contributed by atoms with E-state index in [1.807, 2.05) is 0 Å². The van der Waals surface area contributed by atoms with Crippen LogP contribution in [0.15, 0.2) is 35.5 Å². The molecule has 0 bridgehead atoms. The fourth-order valence-electron chi connectivity index (χ4n) is 4.25. The van der Waals surface area contributed by atoms with Crippen molar-refractivity contribution in [2.24, 2.45) is 5.41 Å². The van der Waals surface area contributed by atoms with Gasteiger partial charge >= 0.3 is 0 Å². The summed E-state index contributed by atoms with van der Waals surface area (Å²) in [7, 11) is 0. The fourth-order valence-corrected chi connectivity index (χ4v) is 4.25. The molecule has 2 fully saturated rings. The van der Waals surface area contributed by atoms with Crippen LogP contribution < -0.4 is 0 Å². The van der Waals surface area contributed by atoms with Crippen molar-refractivity contribution in [1.82, 2.24) is 4.90 Å². The first kappa shape index (κ1) is 12.2. The van der Waals surface area contributed by atoms with Crippen molar-refractivity contribution in [1.29, 1.82) is 0 Å². The molecule has 3 nitrogen and oxygen atoms in total. The second-order valence-corrected chi connectivity index (χ2v) is 6.47. The van der Waals surface area contributed by atoms with Gasteiger partial charge in [0.1, 0.15) is 5.76 Å². The van der Waals surface area contributed by atoms with Gasteiger partial charge in [0.15, 0.2) is 11.9 Å². The average Bonchev–Trinajstić information content (AvgIpc) is 2.85. The monoisotopic (exact) mass is 271 g/mol. The molecule has 20 heavy (non-hydrogen) atoms. The lowest BCUT2D eigenvalue weighted by Gasteiger charge is -2.43. The summed E-state index contributed by atoms with van der Waals surface area (Å²) < 4.78 is 6.17. The summed E-state index contributed by atoms with van der Waals surface area (Å²) in [4.78, 5) is 14.1. The van der Waals surface area contributed by atoms with Crippen LogP contribution in [0.4, 0.5) is 0 Å². The number of allylic oxidation sites excluding steroid dienone is 3. The van der Waals surface area contributed by atoms with E-state index in [0.717, 1.165) is 37.9 Å². The summed E-state index contributed by atoms with van der Waals surface area (Å²) >= 11 is 0. The van der Waals surface area contributed by atoms with Crippen molar-refractivity contribution in [2.75, 3.05) is 0 Å². The molecule has 0 N–H and O–H groups in total. The van der Waals surface area contributed by atoms with E-state index in [2.05, 4.69) is 23.4 Å². The van der Waals surface area contributed by atoms with Crippen LogP contribution in [0.2, 0.25) is 0 Å². The highest BCUT2D eigenvalue weighted by Crippen LogP contribution is 2.58. The first-order chi connectivity index (χ1) is 9.71. The zero-order valence-corrected chi connectivity index (χ0v) is 12.0. The Kier molecular flexibility index (Phi) is 2.60. The van der Waals surface area contributed by atoms with Gasteiger partial charge < -0.3 is 9.64 Å². The van der Waals surface area contributed by atoms with E-state index in [0.29, 0.717) is 0 Å². The first-order valence-corrected chi connectivity index (χ1v) is 7.78. The van der Waals surface area contributed by atoms with Crippen LogP contribution >= 0.6 is 0 Å². The summed E-state index contributed by atoms with van der Waals surface area (Å²) in [5.74, 6) is 1.30. The van der Waals surface area contributed by atoms with Crippen molar-refractivity contribution < 1.29 is 9.53 Å². The lowest BCUT2D eigenvalue weighted by Crippen LogP contribution is -2.34. The Hall–Kier alpha value is -1.51. The molecule has 3 heteroatoms. The number of nitrogens with zero attached hydrogens (tertiary/aromatic N) is 1. The van der Waals surface area contributed by atoms with E-state index < -0.39 is 0 Å². The lowest BCUT2D eigenvalue weighted by atomic mass is 9.65. The number of rotatable bonds is 1. The summed E-state index contributed by atoms with van der Waals surface area (Å²) in [6.45, 7) is 1.66. The quantitative estimate of drug-likeness (QED) is 0.729. The number of ether oxygens (including phenoxy) is 1. The van der Waals surface area contributed by atoms with Crippen LogP contribution in [0.1, 0.15) is 51.9 Å². The van der Waals surface area contributed by atoms with Crippen LogP contribution in [0, 0.1) is 5.41 Å². The fraction of sp³-hybridized carbons (Fsp3) is 0.588. The minimum Gasteiger partial charge on any atom is -0.484 e. The van der Waals surface area contributed by atoms with Gasteiger partial charge in [0, 0.05) is 18.8 Å². The van der Waals surface area contributed by atoms with Gasteiger partial charge in [-0.25, -0.2) is 0 Å². The summed E-state index contributed by atoms with van der Waals surface area (Å²) in [5, 5.41) is 0. The molecule has 1 aliphatic carbocycles. The van der Waals surface area contributed by atoms with Crippen LogP contribution in [-0.4, -0.2) is 16.8 Å². The molecule has 1 saturated carbocycles. The smallest absolute Gasteiger partial charge is 0.170 e. The van der Waals surface area contributed by atoms with Crippen molar-refractivity contribution in [3.05, 3.63) is 35.5 Å². The molecule has 2 atom stereocenters. The predicted octanol–water partition coefficient (Wildman–Crippen LogP) is 3.64. The van der Waals surface area contributed by atoms with E-state index in [-0.39, 0.29) is 17.3 Å². The standard InChI is InChI=1S/C17H21NO2/c1-12(19)15-10-17-8-4-2-6-13(17)11-18-9-5-3-7-14(18)16(17)20-15/h5,9,11,15H,2-4,6-8,10H2,1H3. The van der Waals surface area contributed by atoms with Crippen molar-refractivity contribution in [2.45, 2.75) is 58.0 Å².